The Labute approximate surface area is 198 Å². The normalized spacial score (nSPS) is 11.1. The molecule has 0 heterocycles. The highest BCUT2D eigenvalue weighted by molar-refractivity contribution is 9.10. The third kappa shape index (κ3) is 5.30. The highest BCUT2D eigenvalue weighted by Crippen LogP contribution is 2.36. The zero-order chi connectivity index (χ0) is 21.7. The van der Waals surface area contributed by atoms with Crippen LogP contribution in [0.5, 0.6) is 11.5 Å². The quantitative estimate of drug-likeness (QED) is 0.242. The van der Waals surface area contributed by atoms with Crippen molar-refractivity contribution in [1.82, 2.24) is 0 Å². The molecular weight excluding hydrogens is 509 g/mol. The van der Waals surface area contributed by atoms with Gasteiger partial charge < -0.3 is 9.47 Å². The standard InChI is InChI=1S/C23H15BrCl3NO2/c1-29-22-10-15(9-16(12-28)17-4-2-3-5-19(17)25)18(24)11-23(22)30-13-14-6-7-20(26)21(27)8-14/h2-11H,13H2,1H3. The lowest BCUT2D eigenvalue weighted by atomic mass is 10.0. The molecule has 3 aromatic rings. The molecule has 0 fully saturated rings. The second-order valence-electron chi connectivity index (χ2n) is 6.21. The Kier molecular flexibility index (Phi) is 7.69. The SMILES string of the molecule is COc1cc(C=C(C#N)c2ccccc2Cl)c(Br)cc1OCc1ccc(Cl)c(Cl)c1. The second kappa shape index (κ2) is 10.2. The maximum absolute atomic E-state index is 9.62. The van der Waals surface area contributed by atoms with E-state index in [0.29, 0.717) is 37.7 Å². The molecule has 3 rings (SSSR count). The molecule has 0 amide bonds. The summed E-state index contributed by atoms with van der Waals surface area (Å²) in [6, 6.07) is 18.3. The van der Waals surface area contributed by atoms with Gasteiger partial charge in [-0.15, -0.1) is 0 Å². The lowest BCUT2D eigenvalue weighted by molar-refractivity contribution is 0.284. The molecule has 0 aliphatic heterocycles. The van der Waals surface area contributed by atoms with Crippen molar-refractivity contribution in [3.63, 3.8) is 0 Å². The summed E-state index contributed by atoms with van der Waals surface area (Å²) in [6.45, 7) is 0.290. The number of hydrogen-bond acceptors (Lipinski definition) is 3. The molecule has 0 aromatic heterocycles. The fraction of sp³-hybridized carbons (Fsp3) is 0.0870. The van der Waals surface area contributed by atoms with Crippen LogP contribution in [0.3, 0.4) is 0 Å². The third-order valence-corrected chi connectivity index (χ3v) is 6.00. The molecule has 0 spiro atoms. The number of rotatable bonds is 6. The van der Waals surface area contributed by atoms with Crippen LogP contribution < -0.4 is 9.47 Å². The van der Waals surface area contributed by atoms with Crippen molar-refractivity contribution < 1.29 is 9.47 Å². The molecule has 3 nitrogen and oxygen atoms in total. The zero-order valence-electron chi connectivity index (χ0n) is 15.8. The Morgan fingerprint density at radius 1 is 1.00 bits per heavy atom. The van der Waals surface area contributed by atoms with Gasteiger partial charge in [0.25, 0.3) is 0 Å². The van der Waals surface area contributed by atoms with E-state index in [1.807, 2.05) is 18.2 Å². The number of methoxy groups -OCH3 is 1. The molecule has 0 saturated heterocycles. The maximum atomic E-state index is 9.62. The first kappa shape index (κ1) is 22.5. The summed E-state index contributed by atoms with van der Waals surface area (Å²) in [6.07, 6.45) is 1.75. The molecule has 152 valence electrons. The van der Waals surface area contributed by atoms with E-state index in [1.165, 1.54) is 0 Å². The summed E-state index contributed by atoms with van der Waals surface area (Å²) in [4.78, 5) is 0. The fourth-order valence-electron chi connectivity index (χ4n) is 2.73. The van der Waals surface area contributed by atoms with Crippen molar-refractivity contribution in [2.24, 2.45) is 0 Å². The smallest absolute Gasteiger partial charge is 0.162 e. The van der Waals surface area contributed by atoms with Crippen LogP contribution >= 0.6 is 50.7 Å². The van der Waals surface area contributed by atoms with Gasteiger partial charge in [-0.1, -0.05) is 75.0 Å². The predicted molar refractivity (Wildman–Crippen MR) is 126 cm³/mol. The third-order valence-electron chi connectivity index (χ3n) is 4.25. The first-order chi connectivity index (χ1) is 14.4. The Morgan fingerprint density at radius 2 is 1.77 bits per heavy atom. The minimum absolute atomic E-state index is 0.290. The van der Waals surface area contributed by atoms with E-state index in [1.54, 1.807) is 49.6 Å². The fourth-order valence-corrected chi connectivity index (χ4v) is 3.72. The first-order valence-corrected chi connectivity index (χ1v) is 10.7. The average molecular weight is 524 g/mol. The van der Waals surface area contributed by atoms with Crippen molar-refractivity contribution in [3.8, 4) is 17.6 Å². The molecule has 0 radical (unpaired) electrons. The average Bonchev–Trinajstić information content (AvgIpc) is 2.74. The Bertz CT molecular complexity index is 1160. The Hall–Kier alpha value is -2.16. The van der Waals surface area contributed by atoms with Crippen molar-refractivity contribution in [2.45, 2.75) is 6.61 Å². The van der Waals surface area contributed by atoms with Crippen molar-refractivity contribution in [3.05, 3.63) is 90.8 Å². The monoisotopic (exact) mass is 521 g/mol. The number of ether oxygens (including phenoxy) is 2. The van der Waals surface area contributed by atoms with Crippen molar-refractivity contribution >= 4 is 62.4 Å². The molecule has 0 N–H and O–H groups in total. The van der Waals surface area contributed by atoms with Gasteiger partial charge >= 0.3 is 0 Å². The summed E-state index contributed by atoms with van der Waals surface area (Å²) in [5.74, 6) is 1.07. The molecule has 0 aliphatic rings. The van der Waals surface area contributed by atoms with E-state index < -0.39 is 0 Å². The molecule has 0 atom stereocenters. The topological polar surface area (TPSA) is 42.2 Å². The van der Waals surface area contributed by atoms with Crippen LogP contribution in [0, 0.1) is 11.3 Å². The van der Waals surface area contributed by atoms with Crippen molar-refractivity contribution in [2.75, 3.05) is 7.11 Å². The van der Waals surface area contributed by atoms with Gasteiger partial charge in [-0.05, 0) is 47.5 Å². The van der Waals surface area contributed by atoms with E-state index in [2.05, 4.69) is 22.0 Å². The summed E-state index contributed by atoms with van der Waals surface area (Å²) >= 11 is 21.8. The highest BCUT2D eigenvalue weighted by Gasteiger charge is 2.12. The van der Waals surface area contributed by atoms with E-state index >= 15 is 0 Å². The zero-order valence-corrected chi connectivity index (χ0v) is 19.6. The van der Waals surface area contributed by atoms with E-state index in [-0.39, 0.29) is 6.61 Å². The first-order valence-electron chi connectivity index (χ1n) is 8.74. The molecule has 3 aromatic carbocycles. The molecule has 7 heteroatoms. The number of halogens is 4. The molecule has 0 bridgehead atoms. The lowest BCUT2D eigenvalue weighted by Gasteiger charge is -2.13. The van der Waals surface area contributed by atoms with Crippen LogP contribution in [-0.4, -0.2) is 7.11 Å². The van der Waals surface area contributed by atoms with Crippen LogP contribution in [0.2, 0.25) is 15.1 Å². The van der Waals surface area contributed by atoms with Crippen LogP contribution in [0.4, 0.5) is 0 Å². The summed E-state index contributed by atoms with van der Waals surface area (Å²) in [5.41, 5.74) is 2.72. The molecular formula is C23H15BrCl3NO2. The second-order valence-corrected chi connectivity index (χ2v) is 8.29. The predicted octanol–water partition coefficient (Wildman–Crippen LogP) is 8.06. The minimum atomic E-state index is 0.290. The van der Waals surface area contributed by atoms with Gasteiger partial charge in [-0.2, -0.15) is 5.26 Å². The van der Waals surface area contributed by atoms with Crippen LogP contribution in [0.25, 0.3) is 11.6 Å². The molecule has 0 unspecified atom stereocenters. The number of allylic oxidation sites excluding steroid dienone is 1. The molecule has 0 saturated carbocycles. The largest absolute Gasteiger partial charge is 0.493 e. The Morgan fingerprint density at radius 3 is 2.43 bits per heavy atom. The van der Waals surface area contributed by atoms with E-state index in [4.69, 9.17) is 44.3 Å². The van der Waals surface area contributed by atoms with Crippen LogP contribution in [0.15, 0.2) is 59.1 Å². The minimum Gasteiger partial charge on any atom is -0.493 e. The maximum Gasteiger partial charge on any atom is 0.162 e. The highest BCUT2D eigenvalue weighted by atomic mass is 79.9. The summed E-state index contributed by atoms with van der Waals surface area (Å²) in [7, 11) is 1.56. The van der Waals surface area contributed by atoms with E-state index in [9.17, 15) is 5.26 Å². The van der Waals surface area contributed by atoms with Gasteiger partial charge in [0, 0.05) is 15.1 Å². The van der Waals surface area contributed by atoms with E-state index in [0.717, 1.165) is 15.6 Å². The molecule has 30 heavy (non-hydrogen) atoms. The summed E-state index contributed by atoms with van der Waals surface area (Å²) < 4.78 is 12.1. The van der Waals surface area contributed by atoms with Gasteiger partial charge in [0.15, 0.2) is 11.5 Å². The number of nitrogens with zero attached hydrogens (tertiary/aromatic N) is 1. The van der Waals surface area contributed by atoms with Gasteiger partial charge in [0.05, 0.1) is 28.8 Å². The summed E-state index contributed by atoms with van der Waals surface area (Å²) in [5, 5.41) is 11.1. The Balaban J connectivity index is 1.91. The van der Waals surface area contributed by atoms with Crippen molar-refractivity contribution in [1.29, 1.82) is 5.26 Å². The van der Waals surface area contributed by atoms with Crippen LogP contribution in [-0.2, 0) is 6.61 Å². The number of hydrogen-bond donors (Lipinski definition) is 0. The molecule has 0 aliphatic carbocycles. The van der Waals surface area contributed by atoms with Crippen LogP contribution in [0.1, 0.15) is 16.7 Å². The number of nitriles is 1. The number of benzene rings is 3. The lowest BCUT2D eigenvalue weighted by Crippen LogP contribution is -1.98. The van der Waals surface area contributed by atoms with Gasteiger partial charge in [0.2, 0.25) is 0 Å². The van der Waals surface area contributed by atoms with Gasteiger partial charge in [0.1, 0.15) is 6.61 Å². The van der Waals surface area contributed by atoms with Gasteiger partial charge in [-0.3, -0.25) is 0 Å². The van der Waals surface area contributed by atoms with Gasteiger partial charge in [-0.25, -0.2) is 0 Å².